The van der Waals surface area contributed by atoms with Crippen molar-refractivity contribution in [3.05, 3.63) is 65.7 Å². The van der Waals surface area contributed by atoms with Gasteiger partial charge in [-0.05, 0) is 36.6 Å². The van der Waals surface area contributed by atoms with Gasteiger partial charge in [-0.2, -0.15) is 0 Å². The zero-order valence-electron chi connectivity index (χ0n) is 13.2. The van der Waals surface area contributed by atoms with Crippen LogP contribution in [0.5, 0.6) is 5.75 Å². The summed E-state index contributed by atoms with van der Waals surface area (Å²) in [5.41, 5.74) is 2.13. The Hall–Kier alpha value is -2.29. The van der Waals surface area contributed by atoms with Crippen molar-refractivity contribution in [2.45, 2.75) is 32.7 Å². The van der Waals surface area contributed by atoms with E-state index in [9.17, 15) is 4.79 Å². The van der Waals surface area contributed by atoms with Crippen molar-refractivity contribution in [1.29, 1.82) is 0 Å². The third kappa shape index (κ3) is 4.62. The zero-order chi connectivity index (χ0) is 15.8. The fraction of sp³-hybridized carbons (Fsp3) is 0.316. The monoisotopic (exact) mass is 297 g/mol. The first-order valence-corrected chi connectivity index (χ1v) is 7.79. The largest absolute Gasteiger partial charge is 0.494 e. The Labute approximate surface area is 132 Å². The molecule has 0 unspecified atom stereocenters. The molecule has 0 aromatic heterocycles. The Morgan fingerprint density at radius 3 is 2.32 bits per heavy atom. The highest BCUT2D eigenvalue weighted by Crippen LogP contribution is 2.17. The Morgan fingerprint density at radius 2 is 1.73 bits per heavy atom. The molecule has 0 saturated heterocycles. The molecule has 0 aliphatic rings. The molecule has 0 aliphatic carbocycles. The van der Waals surface area contributed by atoms with Crippen molar-refractivity contribution in [2.75, 3.05) is 6.61 Å². The van der Waals surface area contributed by atoms with Crippen LogP contribution in [-0.2, 0) is 11.2 Å². The lowest BCUT2D eigenvalue weighted by molar-refractivity contribution is -0.121. The molecule has 0 radical (unpaired) electrons. The Bertz CT molecular complexity index is 578. The fourth-order valence-electron chi connectivity index (χ4n) is 2.41. The van der Waals surface area contributed by atoms with E-state index in [1.54, 1.807) is 0 Å². The summed E-state index contributed by atoms with van der Waals surface area (Å²) in [7, 11) is 0. The molecule has 0 spiro atoms. The van der Waals surface area contributed by atoms with Crippen LogP contribution in [0.2, 0.25) is 0 Å². The summed E-state index contributed by atoms with van der Waals surface area (Å²) in [6, 6.07) is 17.8. The van der Waals surface area contributed by atoms with Crippen LogP contribution < -0.4 is 10.1 Å². The van der Waals surface area contributed by atoms with E-state index in [-0.39, 0.29) is 11.9 Å². The first-order valence-electron chi connectivity index (χ1n) is 7.79. The van der Waals surface area contributed by atoms with Crippen LogP contribution in [-0.4, -0.2) is 12.5 Å². The van der Waals surface area contributed by atoms with Gasteiger partial charge in [-0.3, -0.25) is 4.79 Å². The molecular weight excluding hydrogens is 274 g/mol. The number of ether oxygens (including phenoxy) is 1. The second kappa shape index (κ2) is 8.23. The predicted molar refractivity (Wildman–Crippen MR) is 88.9 cm³/mol. The highest BCUT2D eigenvalue weighted by atomic mass is 16.5. The van der Waals surface area contributed by atoms with Gasteiger partial charge in [-0.15, -0.1) is 0 Å². The third-order valence-corrected chi connectivity index (χ3v) is 3.54. The van der Waals surface area contributed by atoms with E-state index >= 15 is 0 Å². The van der Waals surface area contributed by atoms with Crippen molar-refractivity contribution in [3.63, 3.8) is 0 Å². The summed E-state index contributed by atoms with van der Waals surface area (Å²) in [4.78, 5) is 12.2. The first kappa shape index (κ1) is 16.1. The van der Waals surface area contributed by atoms with E-state index in [2.05, 4.69) is 12.2 Å². The number of benzene rings is 2. The SMILES string of the molecule is CCOc1ccc(CC(=O)N[C@@H](CC)c2ccccc2)cc1. The van der Waals surface area contributed by atoms with Gasteiger partial charge in [0.2, 0.25) is 5.91 Å². The molecule has 3 heteroatoms. The number of carbonyl (C=O) groups excluding carboxylic acids is 1. The summed E-state index contributed by atoms with van der Waals surface area (Å²) in [5.74, 6) is 0.877. The van der Waals surface area contributed by atoms with E-state index in [0.717, 1.165) is 23.3 Å². The highest BCUT2D eigenvalue weighted by Gasteiger charge is 2.12. The molecule has 0 aliphatic heterocycles. The minimum absolute atomic E-state index is 0.0415. The molecule has 0 bridgehead atoms. The van der Waals surface area contributed by atoms with Crippen LogP contribution in [0.3, 0.4) is 0 Å². The van der Waals surface area contributed by atoms with Gasteiger partial charge in [0.05, 0.1) is 19.1 Å². The van der Waals surface area contributed by atoms with Gasteiger partial charge in [0.1, 0.15) is 5.75 Å². The second-order valence-corrected chi connectivity index (χ2v) is 5.19. The van der Waals surface area contributed by atoms with Gasteiger partial charge in [0.25, 0.3) is 0 Å². The molecule has 1 amide bonds. The van der Waals surface area contributed by atoms with Crippen LogP contribution >= 0.6 is 0 Å². The number of carbonyl (C=O) groups is 1. The van der Waals surface area contributed by atoms with Gasteiger partial charge < -0.3 is 10.1 Å². The van der Waals surface area contributed by atoms with Crippen molar-refractivity contribution in [1.82, 2.24) is 5.32 Å². The quantitative estimate of drug-likeness (QED) is 0.842. The summed E-state index contributed by atoms with van der Waals surface area (Å²) < 4.78 is 5.41. The molecule has 2 aromatic rings. The zero-order valence-corrected chi connectivity index (χ0v) is 13.2. The number of hydrogen-bond donors (Lipinski definition) is 1. The summed E-state index contributed by atoms with van der Waals surface area (Å²) in [6.45, 7) is 4.68. The number of hydrogen-bond acceptors (Lipinski definition) is 2. The molecule has 22 heavy (non-hydrogen) atoms. The molecule has 116 valence electrons. The third-order valence-electron chi connectivity index (χ3n) is 3.54. The topological polar surface area (TPSA) is 38.3 Å². The van der Waals surface area contributed by atoms with E-state index in [1.807, 2.05) is 61.5 Å². The van der Waals surface area contributed by atoms with E-state index < -0.39 is 0 Å². The second-order valence-electron chi connectivity index (χ2n) is 5.19. The molecule has 2 aromatic carbocycles. The lowest BCUT2D eigenvalue weighted by Gasteiger charge is -2.17. The maximum Gasteiger partial charge on any atom is 0.224 e. The minimum atomic E-state index is 0.0415. The molecule has 0 heterocycles. The fourth-order valence-corrected chi connectivity index (χ4v) is 2.41. The Balaban J connectivity index is 1.94. The molecule has 2 rings (SSSR count). The summed E-state index contributed by atoms with van der Waals surface area (Å²) in [6.07, 6.45) is 1.26. The van der Waals surface area contributed by atoms with Crippen LogP contribution in [0.1, 0.15) is 37.4 Å². The molecule has 0 fully saturated rings. The predicted octanol–water partition coefficient (Wildman–Crippen LogP) is 3.90. The summed E-state index contributed by atoms with van der Waals surface area (Å²) in [5, 5.41) is 3.10. The maximum atomic E-state index is 12.2. The average Bonchev–Trinajstić information content (AvgIpc) is 2.55. The Morgan fingerprint density at radius 1 is 1.05 bits per heavy atom. The minimum Gasteiger partial charge on any atom is -0.494 e. The van der Waals surface area contributed by atoms with Gasteiger partial charge in [0, 0.05) is 0 Å². The van der Waals surface area contributed by atoms with Crippen molar-refractivity contribution in [2.24, 2.45) is 0 Å². The molecule has 1 N–H and O–H groups in total. The highest BCUT2D eigenvalue weighted by molar-refractivity contribution is 5.79. The molecule has 3 nitrogen and oxygen atoms in total. The van der Waals surface area contributed by atoms with Gasteiger partial charge >= 0.3 is 0 Å². The number of amides is 1. The van der Waals surface area contributed by atoms with Gasteiger partial charge in [0.15, 0.2) is 0 Å². The van der Waals surface area contributed by atoms with E-state index in [4.69, 9.17) is 4.74 Å². The van der Waals surface area contributed by atoms with Crippen LogP contribution in [0.25, 0.3) is 0 Å². The van der Waals surface area contributed by atoms with Crippen LogP contribution in [0, 0.1) is 0 Å². The standard InChI is InChI=1S/C19H23NO2/c1-3-18(16-8-6-5-7-9-16)20-19(21)14-15-10-12-17(13-11-15)22-4-2/h5-13,18H,3-4,14H2,1-2H3,(H,20,21)/t18-/m0/s1. The number of rotatable bonds is 7. The van der Waals surface area contributed by atoms with Crippen molar-refractivity contribution in [3.8, 4) is 5.75 Å². The van der Waals surface area contributed by atoms with Crippen molar-refractivity contribution < 1.29 is 9.53 Å². The van der Waals surface area contributed by atoms with Gasteiger partial charge in [-0.1, -0.05) is 49.4 Å². The van der Waals surface area contributed by atoms with Crippen LogP contribution in [0.4, 0.5) is 0 Å². The average molecular weight is 297 g/mol. The molecule has 0 saturated carbocycles. The number of nitrogens with one attached hydrogen (secondary N) is 1. The summed E-state index contributed by atoms with van der Waals surface area (Å²) >= 11 is 0. The lowest BCUT2D eigenvalue weighted by atomic mass is 10.0. The van der Waals surface area contributed by atoms with Crippen LogP contribution in [0.15, 0.2) is 54.6 Å². The van der Waals surface area contributed by atoms with Gasteiger partial charge in [-0.25, -0.2) is 0 Å². The maximum absolute atomic E-state index is 12.2. The normalized spacial score (nSPS) is 11.7. The lowest BCUT2D eigenvalue weighted by Crippen LogP contribution is -2.29. The molecule has 1 atom stereocenters. The molecular formula is C19H23NO2. The smallest absolute Gasteiger partial charge is 0.224 e. The first-order chi connectivity index (χ1) is 10.7. The van der Waals surface area contributed by atoms with E-state index in [1.165, 1.54) is 0 Å². The Kier molecular flexibility index (Phi) is 6.01. The van der Waals surface area contributed by atoms with E-state index in [0.29, 0.717) is 13.0 Å². The van der Waals surface area contributed by atoms with Crippen molar-refractivity contribution >= 4 is 5.91 Å².